The maximum atomic E-state index is 13.9. The molecule has 0 radical (unpaired) electrons. The Labute approximate surface area is 149 Å². The van der Waals surface area contributed by atoms with Crippen LogP contribution in [0.5, 0.6) is 0 Å². The molecule has 0 atom stereocenters. The number of aryl methyl sites for hydroxylation is 1. The van der Waals surface area contributed by atoms with Crippen molar-refractivity contribution in [2.24, 2.45) is 0 Å². The normalized spacial score (nSPS) is 11.3. The van der Waals surface area contributed by atoms with Crippen LogP contribution in [-0.2, 0) is 14.8 Å². The van der Waals surface area contributed by atoms with Crippen molar-refractivity contribution in [1.29, 1.82) is 0 Å². The zero-order valence-corrected chi connectivity index (χ0v) is 14.9. The van der Waals surface area contributed by atoms with Crippen LogP contribution in [0.4, 0.5) is 24.5 Å². The molecule has 0 aliphatic carbocycles. The summed E-state index contributed by atoms with van der Waals surface area (Å²) in [4.78, 5) is 12.0. The quantitative estimate of drug-likeness (QED) is 0.776. The van der Waals surface area contributed by atoms with Gasteiger partial charge in [-0.05, 0) is 31.2 Å². The largest absolute Gasteiger partial charge is 0.326 e. The minimum absolute atomic E-state index is 0.306. The summed E-state index contributed by atoms with van der Waals surface area (Å²) in [5.41, 5.74) is 0.861. The number of carbonyl (C=O) groups excluding carboxylic acids is 1. The number of hydrogen-bond donors (Lipinski definition) is 1. The standard InChI is InChI=1S/C17H17F3N2O3S/c1-11-3-5-12(6-4-11)21-15(23)9-10-22(26(2,24)25)14-8-7-13(18)16(19)17(14)20/h3-8H,9-10H2,1-2H3,(H,21,23). The van der Waals surface area contributed by atoms with Crippen LogP contribution in [-0.4, -0.2) is 27.1 Å². The predicted octanol–water partition coefficient (Wildman–Crippen LogP) is 3.21. The number of rotatable bonds is 6. The van der Waals surface area contributed by atoms with Crippen LogP contribution in [0.1, 0.15) is 12.0 Å². The minimum atomic E-state index is -4.02. The molecule has 0 aromatic heterocycles. The maximum Gasteiger partial charge on any atom is 0.232 e. The van der Waals surface area contributed by atoms with Gasteiger partial charge in [-0.15, -0.1) is 0 Å². The summed E-state index contributed by atoms with van der Waals surface area (Å²) >= 11 is 0. The Morgan fingerprint density at radius 2 is 1.65 bits per heavy atom. The van der Waals surface area contributed by atoms with E-state index in [0.29, 0.717) is 16.1 Å². The second kappa shape index (κ2) is 7.77. The smallest absolute Gasteiger partial charge is 0.232 e. The Balaban J connectivity index is 2.16. The summed E-state index contributed by atoms with van der Waals surface area (Å²) in [6.07, 6.45) is 0.477. The van der Waals surface area contributed by atoms with Crippen LogP contribution in [0.25, 0.3) is 0 Å². The van der Waals surface area contributed by atoms with E-state index in [1.54, 1.807) is 24.3 Å². The van der Waals surface area contributed by atoms with Crippen molar-refractivity contribution < 1.29 is 26.4 Å². The molecule has 2 aromatic carbocycles. The summed E-state index contributed by atoms with van der Waals surface area (Å²) < 4.78 is 64.7. The fourth-order valence-electron chi connectivity index (χ4n) is 2.24. The van der Waals surface area contributed by atoms with E-state index < -0.39 is 45.6 Å². The van der Waals surface area contributed by atoms with Crippen molar-refractivity contribution in [3.8, 4) is 0 Å². The molecule has 1 N–H and O–H groups in total. The summed E-state index contributed by atoms with van der Waals surface area (Å²) in [5, 5.41) is 2.57. The summed E-state index contributed by atoms with van der Waals surface area (Å²) in [7, 11) is -4.02. The van der Waals surface area contributed by atoms with E-state index in [-0.39, 0.29) is 6.42 Å². The van der Waals surface area contributed by atoms with Crippen LogP contribution in [0, 0.1) is 24.4 Å². The molecule has 0 saturated carbocycles. The molecule has 140 valence electrons. The first-order valence-electron chi connectivity index (χ1n) is 7.57. The number of carbonyl (C=O) groups is 1. The molecule has 0 unspecified atom stereocenters. The van der Waals surface area contributed by atoms with Crippen molar-refractivity contribution in [2.75, 3.05) is 22.4 Å². The number of nitrogens with zero attached hydrogens (tertiary/aromatic N) is 1. The lowest BCUT2D eigenvalue weighted by Crippen LogP contribution is -2.34. The van der Waals surface area contributed by atoms with Crippen LogP contribution in [0.15, 0.2) is 36.4 Å². The Morgan fingerprint density at radius 3 is 2.23 bits per heavy atom. The lowest BCUT2D eigenvalue weighted by molar-refractivity contribution is -0.116. The molecule has 0 spiro atoms. The highest BCUT2D eigenvalue weighted by molar-refractivity contribution is 7.92. The molecule has 2 rings (SSSR count). The number of nitrogens with one attached hydrogen (secondary N) is 1. The molecule has 0 saturated heterocycles. The molecule has 0 aliphatic heterocycles. The van der Waals surface area contributed by atoms with Crippen LogP contribution in [0.3, 0.4) is 0 Å². The first kappa shape index (κ1) is 19.8. The number of benzene rings is 2. The van der Waals surface area contributed by atoms with Gasteiger partial charge in [0.2, 0.25) is 15.9 Å². The van der Waals surface area contributed by atoms with E-state index in [4.69, 9.17) is 0 Å². The van der Waals surface area contributed by atoms with E-state index in [0.717, 1.165) is 17.9 Å². The third-order valence-corrected chi connectivity index (χ3v) is 4.74. The van der Waals surface area contributed by atoms with Crippen LogP contribution in [0.2, 0.25) is 0 Å². The van der Waals surface area contributed by atoms with Crippen LogP contribution >= 0.6 is 0 Å². The number of halogens is 3. The highest BCUT2D eigenvalue weighted by atomic mass is 32.2. The Kier molecular flexibility index (Phi) is 5.91. The fraction of sp³-hybridized carbons (Fsp3) is 0.235. The van der Waals surface area contributed by atoms with Gasteiger partial charge in [-0.1, -0.05) is 17.7 Å². The van der Waals surface area contributed by atoms with Crippen molar-refractivity contribution >= 4 is 27.3 Å². The molecule has 0 fully saturated rings. The van der Waals surface area contributed by atoms with Gasteiger partial charge in [-0.25, -0.2) is 21.6 Å². The summed E-state index contributed by atoms with van der Waals surface area (Å²) in [6, 6.07) is 8.36. The average molecular weight is 386 g/mol. The van der Waals surface area contributed by atoms with Crippen LogP contribution < -0.4 is 9.62 Å². The van der Waals surface area contributed by atoms with Gasteiger partial charge in [-0.3, -0.25) is 9.10 Å². The molecule has 5 nitrogen and oxygen atoms in total. The molecule has 0 heterocycles. The maximum absolute atomic E-state index is 13.9. The average Bonchev–Trinajstić information content (AvgIpc) is 2.55. The second-order valence-corrected chi connectivity index (χ2v) is 7.60. The second-order valence-electron chi connectivity index (χ2n) is 5.69. The molecule has 0 bridgehead atoms. The predicted molar refractivity (Wildman–Crippen MR) is 92.9 cm³/mol. The van der Waals surface area contributed by atoms with Crippen molar-refractivity contribution in [3.05, 3.63) is 59.4 Å². The monoisotopic (exact) mass is 386 g/mol. The SMILES string of the molecule is Cc1ccc(NC(=O)CCN(c2ccc(F)c(F)c2F)S(C)(=O)=O)cc1. The first-order valence-corrected chi connectivity index (χ1v) is 9.42. The Morgan fingerprint density at radius 1 is 1.04 bits per heavy atom. The van der Waals surface area contributed by atoms with Crippen molar-refractivity contribution in [3.63, 3.8) is 0 Å². The number of hydrogen-bond acceptors (Lipinski definition) is 3. The lowest BCUT2D eigenvalue weighted by atomic mass is 10.2. The van der Waals surface area contributed by atoms with E-state index in [9.17, 15) is 26.4 Å². The Hall–Kier alpha value is -2.55. The molecule has 9 heteroatoms. The topological polar surface area (TPSA) is 66.5 Å². The van der Waals surface area contributed by atoms with Crippen molar-refractivity contribution in [2.45, 2.75) is 13.3 Å². The third kappa shape index (κ3) is 4.75. The number of amides is 1. The third-order valence-electron chi connectivity index (χ3n) is 3.56. The summed E-state index contributed by atoms with van der Waals surface area (Å²) in [6.45, 7) is 1.45. The number of anilines is 2. The van der Waals surface area contributed by atoms with E-state index in [1.807, 2.05) is 6.92 Å². The van der Waals surface area contributed by atoms with Gasteiger partial charge in [0.15, 0.2) is 17.5 Å². The van der Waals surface area contributed by atoms with Gasteiger partial charge >= 0.3 is 0 Å². The van der Waals surface area contributed by atoms with E-state index in [1.165, 1.54) is 0 Å². The van der Waals surface area contributed by atoms with Gasteiger partial charge in [0.05, 0.1) is 11.9 Å². The molecule has 26 heavy (non-hydrogen) atoms. The summed E-state index contributed by atoms with van der Waals surface area (Å²) in [5.74, 6) is -5.35. The highest BCUT2D eigenvalue weighted by Crippen LogP contribution is 2.25. The fourth-order valence-corrected chi connectivity index (χ4v) is 3.16. The minimum Gasteiger partial charge on any atom is -0.326 e. The van der Waals surface area contributed by atoms with Gasteiger partial charge in [-0.2, -0.15) is 0 Å². The molecule has 1 amide bonds. The Bertz CT molecular complexity index is 916. The number of sulfonamides is 1. The molecular formula is C17H17F3N2O3S. The zero-order chi connectivity index (χ0) is 19.5. The van der Waals surface area contributed by atoms with Gasteiger partial charge in [0.1, 0.15) is 0 Å². The van der Waals surface area contributed by atoms with Crippen molar-refractivity contribution in [1.82, 2.24) is 0 Å². The molecular weight excluding hydrogens is 369 g/mol. The highest BCUT2D eigenvalue weighted by Gasteiger charge is 2.25. The lowest BCUT2D eigenvalue weighted by Gasteiger charge is -2.22. The molecule has 2 aromatic rings. The first-order chi connectivity index (χ1) is 12.1. The zero-order valence-electron chi connectivity index (χ0n) is 14.1. The van der Waals surface area contributed by atoms with Gasteiger partial charge in [0, 0.05) is 18.7 Å². The van der Waals surface area contributed by atoms with Gasteiger partial charge < -0.3 is 5.32 Å². The van der Waals surface area contributed by atoms with E-state index in [2.05, 4.69) is 5.32 Å². The van der Waals surface area contributed by atoms with E-state index >= 15 is 0 Å². The van der Waals surface area contributed by atoms with Gasteiger partial charge in [0.25, 0.3) is 0 Å². The molecule has 0 aliphatic rings.